The van der Waals surface area contributed by atoms with E-state index >= 15 is 0 Å². The third-order valence-corrected chi connectivity index (χ3v) is 23.5. The Hall–Kier alpha value is -4.77. The Balaban J connectivity index is 1.17. The lowest BCUT2D eigenvalue weighted by molar-refractivity contribution is -0.277. The molecule has 0 aliphatic carbocycles. The number of ether oxygens (including phenoxy) is 8. The minimum absolute atomic E-state index is 0.107. The fraction of sp³-hybridized carbons (Fsp3) is 0.457. The SMILES string of the molecule is CC(C)[Si](O[C@@H]1C[C@H](OCc2ccccc2)[C@@H](COCc2ccccc2)O[C@@]1(C)[C@@H](CC(O[C@H]1/C=C\C[C@@H](OCc2ccccc2)[C@H](COCc2ccccc2)O[C@@H]1CCO)Sc1ccccc1)OCc1ccccc1)(C(C)C)C(C)C. The van der Waals surface area contributed by atoms with Crippen LogP contribution in [0.5, 0.6) is 0 Å². The van der Waals surface area contributed by atoms with Gasteiger partial charge >= 0.3 is 0 Å². The summed E-state index contributed by atoms with van der Waals surface area (Å²) in [4.78, 5) is 1.04. The lowest BCUT2D eigenvalue weighted by Gasteiger charge is -2.55. The summed E-state index contributed by atoms with van der Waals surface area (Å²) in [7, 11) is -2.60. The van der Waals surface area contributed by atoms with Crippen LogP contribution in [0.1, 0.15) is 102 Å². The zero-order valence-electron chi connectivity index (χ0n) is 49.4. The number of hydrogen-bond donors (Lipinski definition) is 1. The lowest BCUT2D eigenvalue weighted by Crippen LogP contribution is -2.66. The predicted molar refractivity (Wildman–Crippen MR) is 331 cm³/mol. The van der Waals surface area contributed by atoms with E-state index in [0.29, 0.717) is 81.9 Å². The average Bonchev–Trinajstić information content (AvgIpc) is 3.43. The number of aliphatic hydroxyl groups excluding tert-OH is 1. The molecule has 0 bridgehead atoms. The molecule has 0 amide bonds. The fourth-order valence-corrected chi connectivity index (χ4v) is 18.7. The molecule has 6 aromatic rings. The molecule has 0 aromatic heterocycles. The molecule has 6 aromatic carbocycles. The third-order valence-electron chi connectivity index (χ3n) is 16.3. The van der Waals surface area contributed by atoms with Crippen LogP contribution < -0.4 is 0 Å². The molecule has 2 heterocycles. The number of aliphatic hydroxyl groups is 1. The van der Waals surface area contributed by atoms with Gasteiger partial charge in [0.05, 0.1) is 76.8 Å². The number of thioether (sulfide) groups is 1. The van der Waals surface area contributed by atoms with Gasteiger partial charge in [0.2, 0.25) is 8.32 Å². The van der Waals surface area contributed by atoms with E-state index < -0.39 is 56.0 Å². The molecule has 82 heavy (non-hydrogen) atoms. The van der Waals surface area contributed by atoms with Crippen LogP contribution in [0.3, 0.4) is 0 Å². The van der Waals surface area contributed by atoms with Gasteiger partial charge in [-0.15, -0.1) is 0 Å². The summed E-state index contributed by atoms with van der Waals surface area (Å²) in [6.07, 6.45) is 2.30. The van der Waals surface area contributed by atoms with Gasteiger partial charge in [0, 0.05) is 24.3 Å². The van der Waals surface area contributed by atoms with E-state index in [1.807, 2.05) is 72.8 Å². The normalized spacial score (nSPS) is 23.6. The first kappa shape index (κ1) is 63.3. The largest absolute Gasteiger partial charge is 0.410 e. The van der Waals surface area contributed by atoms with Gasteiger partial charge in [-0.1, -0.05) is 235 Å². The second kappa shape index (κ2) is 32.5. The van der Waals surface area contributed by atoms with Crippen molar-refractivity contribution >= 4 is 20.1 Å². The number of rotatable bonds is 31. The van der Waals surface area contributed by atoms with E-state index in [1.165, 1.54) is 0 Å². The molecule has 0 spiro atoms. The van der Waals surface area contributed by atoms with Gasteiger partial charge in [0.1, 0.15) is 29.3 Å². The molecule has 12 heteroatoms. The Morgan fingerprint density at radius 1 is 0.561 bits per heavy atom. The van der Waals surface area contributed by atoms with Gasteiger partial charge in [-0.2, -0.15) is 0 Å². The smallest absolute Gasteiger partial charge is 0.200 e. The first-order valence-electron chi connectivity index (χ1n) is 29.8. The van der Waals surface area contributed by atoms with Gasteiger partial charge < -0.3 is 47.4 Å². The van der Waals surface area contributed by atoms with Crippen molar-refractivity contribution in [2.75, 3.05) is 19.8 Å². The quantitative estimate of drug-likeness (QED) is 0.0195. The fourth-order valence-electron chi connectivity index (χ4n) is 12.0. The number of hydrogen-bond acceptors (Lipinski definition) is 11. The second-order valence-corrected chi connectivity index (χ2v) is 29.7. The highest BCUT2D eigenvalue weighted by molar-refractivity contribution is 7.99. The Morgan fingerprint density at radius 3 is 1.50 bits per heavy atom. The van der Waals surface area contributed by atoms with Crippen molar-refractivity contribution in [2.24, 2.45) is 0 Å². The molecular formula is C70H90O10SSi. The summed E-state index contributed by atoms with van der Waals surface area (Å²) in [6, 6.07) is 61.8. The van der Waals surface area contributed by atoms with Gasteiger partial charge in [0.15, 0.2) is 0 Å². The van der Waals surface area contributed by atoms with E-state index in [4.69, 9.17) is 42.3 Å². The van der Waals surface area contributed by atoms with Crippen LogP contribution in [-0.2, 0) is 75.4 Å². The van der Waals surface area contributed by atoms with Crippen LogP contribution in [0.15, 0.2) is 199 Å². The van der Waals surface area contributed by atoms with Gasteiger partial charge in [-0.25, -0.2) is 0 Å². The van der Waals surface area contributed by atoms with E-state index in [-0.39, 0.29) is 25.4 Å². The summed E-state index contributed by atoms with van der Waals surface area (Å²) in [5.41, 5.74) is 4.69. The minimum Gasteiger partial charge on any atom is -0.410 e. The zero-order valence-corrected chi connectivity index (χ0v) is 51.2. The van der Waals surface area contributed by atoms with Crippen LogP contribution in [-0.4, -0.2) is 93.1 Å². The molecule has 1 saturated heterocycles. The number of benzene rings is 6. The monoisotopic (exact) mass is 1150 g/mol. The molecule has 1 unspecified atom stereocenters. The maximum absolute atomic E-state index is 10.8. The Labute approximate surface area is 495 Å². The van der Waals surface area contributed by atoms with Crippen molar-refractivity contribution < 1.29 is 47.4 Å². The van der Waals surface area contributed by atoms with Crippen LogP contribution >= 0.6 is 11.8 Å². The van der Waals surface area contributed by atoms with Crippen molar-refractivity contribution in [3.8, 4) is 0 Å². The summed E-state index contributed by atoms with van der Waals surface area (Å²) in [5.74, 6) is 0. The summed E-state index contributed by atoms with van der Waals surface area (Å²) >= 11 is 1.65. The predicted octanol–water partition coefficient (Wildman–Crippen LogP) is 15.3. The average molecular weight is 1150 g/mol. The molecule has 8 rings (SSSR count). The Morgan fingerprint density at radius 2 is 1.01 bits per heavy atom. The maximum Gasteiger partial charge on any atom is 0.200 e. The van der Waals surface area contributed by atoms with E-state index in [1.54, 1.807) is 11.8 Å². The summed E-state index contributed by atoms with van der Waals surface area (Å²) < 4.78 is 64.9. The van der Waals surface area contributed by atoms with Crippen molar-refractivity contribution in [2.45, 2.75) is 189 Å². The molecule has 440 valence electrons. The van der Waals surface area contributed by atoms with Crippen LogP contribution in [0.2, 0.25) is 16.6 Å². The zero-order chi connectivity index (χ0) is 57.6. The van der Waals surface area contributed by atoms with E-state index in [2.05, 4.69) is 170 Å². The summed E-state index contributed by atoms with van der Waals surface area (Å²) in [5, 5.41) is 10.8. The Bertz CT molecular complexity index is 2690. The molecule has 1 fully saturated rings. The van der Waals surface area contributed by atoms with Crippen LogP contribution in [0, 0.1) is 0 Å². The highest BCUT2D eigenvalue weighted by Gasteiger charge is 2.57. The van der Waals surface area contributed by atoms with E-state index in [9.17, 15) is 5.11 Å². The van der Waals surface area contributed by atoms with Crippen molar-refractivity contribution in [1.29, 1.82) is 0 Å². The molecule has 10 atom stereocenters. The molecule has 0 radical (unpaired) electrons. The standard InChI is InChI=1S/C70H90O10SSi/c1-52(2)82(53(3)4,54(5)6)80-68-43-64(75-48-58-33-20-11-21-34-58)66(51-73-46-56-29-16-9-17-30-56)79-70(68,7)67(76-49-59-35-22-12-23-36-59)44-69(81-60-37-24-13-25-38-60)78-62-40-26-39-61(74-47-57-31-18-10-19-32-57)65(77-63(62)41-42-71)50-72-45-55-27-14-8-15-28-55/h8-38,40,52-54,61-69,71H,39,41-51H2,1-7H3/b40-26-/t61-,62+,63-,64+,65+,66-,67-,68-,69?,70+/m1/s1. The van der Waals surface area contributed by atoms with Crippen LogP contribution in [0.25, 0.3) is 0 Å². The topological polar surface area (TPSA) is 103 Å². The van der Waals surface area contributed by atoms with Gasteiger partial charge in [0.25, 0.3) is 0 Å². The maximum atomic E-state index is 10.8. The lowest BCUT2D eigenvalue weighted by atomic mass is 9.82. The van der Waals surface area contributed by atoms with Crippen molar-refractivity contribution in [3.05, 3.63) is 222 Å². The Kier molecular flexibility index (Phi) is 25.1. The van der Waals surface area contributed by atoms with Gasteiger partial charge in [-0.3, -0.25) is 0 Å². The highest BCUT2D eigenvalue weighted by Crippen LogP contribution is 2.49. The third kappa shape index (κ3) is 18.1. The highest BCUT2D eigenvalue weighted by atomic mass is 32.2. The van der Waals surface area contributed by atoms with Crippen molar-refractivity contribution in [1.82, 2.24) is 0 Å². The molecule has 10 nitrogen and oxygen atoms in total. The molecular weight excluding hydrogens is 1060 g/mol. The van der Waals surface area contributed by atoms with E-state index in [0.717, 1.165) is 32.7 Å². The molecule has 0 saturated carbocycles. The first-order valence-corrected chi connectivity index (χ1v) is 32.8. The minimum atomic E-state index is -2.60. The van der Waals surface area contributed by atoms with Crippen molar-refractivity contribution in [3.63, 3.8) is 0 Å². The van der Waals surface area contributed by atoms with Gasteiger partial charge in [-0.05, 0) is 76.3 Å². The molecule has 2 aliphatic rings. The van der Waals surface area contributed by atoms with Crippen LogP contribution in [0.4, 0.5) is 0 Å². The first-order chi connectivity index (χ1) is 39.9. The molecule has 2 aliphatic heterocycles. The molecule has 1 N–H and O–H groups in total. The second-order valence-electron chi connectivity index (χ2n) is 23.0. The summed E-state index contributed by atoms with van der Waals surface area (Å²) in [6.45, 7) is 18.7.